The topological polar surface area (TPSA) is 63.2 Å². The molecule has 2 amide bonds. The summed E-state index contributed by atoms with van der Waals surface area (Å²) in [6.07, 6.45) is 5.68. The molecular formula is C18H21N3O2. The first-order valence-electron chi connectivity index (χ1n) is 7.94. The first-order valence-corrected chi connectivity index (χ1v) is 7.94. The lowest BCUT2D eigenvalue weighted by atomic mass is 10.00. The number of hydrogen-bond acceptors (Lipinski definition) is 3. The van der Waals surface area contributed by atoms with Gasteiger partial charge in [0, 0.05) is 25.5 Å². The number of benzene rings is 1. The number of rotatable bonds is 5. The molecule has 0 unspecified atom stereocenters. The van der Waals surface area contributed by atoms with E-state index >= 15 is 0 Å². The molecule has 5 heteroatoms. The second kappa shape index (κ2) is 7.74. The molecule has 3 rings (SSSR count). The van der Waals surface area contributed by atoms with Gasteiger partial charge in [0.05, 0.1) is 12.1 Å². The maximum Gasteiger partial charge on any atom is 0.315 e. The zero-order valence-electron chi connectivity index (χ0n) is 12.9. The highest BCUT2D eigenvalue weighted by Crippen LogP contribution is 2.21. The molecule has 2 N–H and O–H groups in total. The highest BCUT2D eigenvalue weighted by atomic mass is 16.5. The smallest absolute Gasteiger partial charge is 0.315 e. The van der Waals surface area contributed by atoms with Gasteiger partial charge in [-0.3, -0.25) is 4.98 Å². The molecule has 120 valence electrons. The van der Waals surface area contributed by atoms with Gasteiger partial charge in [0.25, 0.3) is 0 Å². The molecule has 2 atom stereocenters. The number of ether oxygens (including phenoxy) is 1. The fourth-order valence-corrected chi connectivity index (χ4v) is 2.75. The number of pyridine rings is 1. The fourth-order valence-electron chi connectivity index (χ4n) is 2.75. The molecule has 1 aromatic heterocycles. The Labute approximate surface area is 136 Å². The molecule has 1 saturated heterocycles. The number of urea groups is 1. The minimum atomic E-state index is -0.205. The Bertz CT molecular complexity index is 573. The van der Waals surface area contributed by atoms with E-state index in [0.29, 0.717) is 6.54 Å². The maximum absolute atomic E-state index is 12.3. The molecule has 1 fully saturated rings. The Kier molecular flexibility index (Phi) is 5.21. The van der Waals surface area contributed by atoms with E-state index in [0.717, 1.165) is 30.6 Å². The minimum absolute atomic E-state index is 0.136. The van der Waals surface area contributed by atoms with Crippen molar-refractivity contribution in [3.63, 3.8) is 0 Å². The summed E-state index contributed by atoms with van der Waals surface area (Å²) < 4.78 is 5.53. The lowest BCUT2D eigenvalue weighted by Gasteiger charge is -2.20. The molecule has 0 saturated carbocycles. The van der Waals surface area contributed by atoms with Gasteiger partial charge in [-0.25, -0.2) is 4.79 Å². The largest absolute Gasteiger partial charge is 0.376 e. The summed E-state index contributed by atoms with van der Waals surface area (Å²) >= 11 is 0. The molecule has 0 radical (unpaired) electrons. The standard InChI is InChI=1S/C18H21N3O2/c22-18(20-13-16-7-4-12-23-16)21-17(14-5-2-1-3-6-14)15-8-10-19-11-9-15/h1-3,5-6,8-11,16-17H,4,7,12-13H2,(H2,20,21,22)/t16-,17-/m1/s1. The van der Waals surface area contributed by atoms with E-state index in [1.165, 1.54) is 0 Å². The van der Waals surface area contributed by atoms with Crippen LogP contribution in [0.25, 0.3) is 0 Å². The van der Waals surface area contributed by atoms with Gasteiger partial charge in [-0.15, -0.1) is 0 Å². The predicted molar refractivity (Wildman–Crippen MR) is 88.0 cm³/mol. The van der Waals surface area contributed by atoms with Gasteiger partial charge in [0.1, 0.15) is 0 Å². The van der Waals surface area contributed by atoms with Crippen molar-refractivity contribution in [1.29, 1.82) is 0 Å². The van der Waals surface area contributed by atoms with Crippen LogP contribution in [0.2, 0.25) is 0 Å². The van der Waals surface area contributed by atoms with Crippen molar-refractivity contribution in [3.05, 3.63) is 66.0 Å². The van der Waals surface area contributed by atoms with Crippen LogP contribution in [0.5, 0.6) is 0 Å². The van der Waals surface area contributed by atoms with Crippen molar-refractivity contribution in [1.82, 2.24) is 15.6 Å². The van der Waals surface area contributed by atoms with E-state index in [4.69, 9.17) is 4.74 Å². The summed E-state index contributed by atoms with van der Waals surface area (Å²) in [7, 11) is 0. The summed E-state index contributed by atoms with van der Waals surface area (Å²) in [6, 6.07) is 13.3. The Morgan fingerprint density at radius 3 is 2.61 bits per heavy atom. The zero-order chi connectivity index (χ0) is 15.9. The molecular weight excluding hydrogens is 290 g/mol. The quantitative estimate of drug-likeness (QED) is 0.892. The maximum atomic E-state index is 12.3. The summed E-state index contributed by atoms with van der Waals surface area (Å²) in [5.41, 5.74) is 2.03. The van der Waals surface area contributed by atoms with Crippen LogP contribution < -0.4 is 10.6 Å². The van der Waals surface area contributed by atoms with Gasteiger partial charge in [0.2, 0.25) is 0 Å². The lowest BCUT2D eigenvalue weighted by Crippen LogP contribution is -2.41. The third-order valence-electron chi connectivity index (χ3n) is 3.96. The summed E-state index contributed by atoms with van der Waals surface area (Å²) in [5.74, 6) is 0. The molecule has 0 bridgehead atoms. The predicted octanol–water partition coefficient (Wildman–Crippen LogP) is 2.65. The van der Waals surface area contributed by atoms with E-state index in [9.17, 15) is 4.79 Å². The molecule has 0 spiro atoms. The number of amides is 2. The van der Waals surface area contributed by atoms with E-state index in [1.807, 2.05) is 42.5 Å². The van der Waals surface area contributed by atoms with Crippen molar-refractivity contribution >= 4 is 6.03 Å². The molecule has 23 heavy (non-hydrogen) atoms. The average molecular weight is 311 g/mol. The normalized spacial score (nSPS) is 18.3. The number of aromatic nitrogens is 1. The highest BCUT2D eigenvalue weighted by molar-refractivity contribution is 5.75. The Hall–Kier alpha value is -2.40. The zero-order valence-corrected chi connectivity index (χ0v) is 12.9. The van der Waals surface area contributed by atoms with E-state index in [-0.39, 0.29) is 18.2 Å². The van der Waals surface area contributed by atoms with Crippen LogP contribution in [-0.2, 0) is 4.74 Å². The first-order chi connectivity index (χ1) is 11.3. The van der Waals surface area contributed by atoms with Crippen LogP contribution in [0.4, 0.5) is 4.79 Å². The van der Waals surface area contributed by atoms with Crippen molar-refractivity contribution < 1.29 is 9.53 Å². The van der Waals surface area contributed by atoms with Crippen LogP contribution in [0, 0.1) is 0 Å². The second-order valence-corrected chi connectivity index (χ2v) is 5.61. The Morgan fingerprint density at radius 2 is 1.91 bits per heavy atom. The van der Waals surface area contributed by atoms with Crippen molar-refractivity contribution in [3.8, 4) is 0 Å². The SMILES string of the molecule is O=C(NC[C@H]1CCCO1)N[C@H](c1ccccc1)c1ccncc1. The van der Waals surface area contributed by atoms with Gasteiger partial charge in [-0.05, 0) is 36.1 Å². The number of hydrogen-bond donors (Lipinski definition) is 2. The van der Waals surface area contributed by atoms with Crippen molar-refractivity contribution in [2.75, 3.05) is 13.2 Å². The average Bonchev–Trinajstić information content (AvgIpc) is 3.13. The number of nitrogens with one attached hydrogen (secondary N) is 2. The third kappa shape index (κ3) is 4.29. The molecule has 2 aromatic rings. The molecule has 1 aromatic carbocycles. The monoisotopic (exact) mass is 311 g/mol. The van der Waals surface area contributed by atoms with Crippen LogP contribution in [0.3, 0.4) is 0 Å². The number of carbonyl (C=O) groups is 1. The van der Waals surface area contributed by atoms with Crippen molar-refractivity contribution in [2.45, 2.75) is 25.0 Å². The fraction of sp³-hybridized carbons (Fsp3) is 0.333. The molecule has 5 nitrogen and oxygen atoms in total. The highest BCUT2D eigenvalue weighted by Gasteiger charge is 2.19. The van der Waals surface area contributed by atoms with Gasteiger partial charge >= 0.3 is 6.03 Å². The van der Waals surface area contributed by atoms with Crippen molar-refractivity contribution in [2.24, 2.45) is 0 Å². The summed E-state index contributed by atoms with van der Waals surface area (Å²) in [4.78, 5) is 16.3. The van der Waals surface area contributed by atoms with Crippen LogP contribution >= 0.6 is 0 Å². The van der Waals surface area contributed by atoms with E-state index in [2.05, 4.69) is 15.6 Å². The minimum Gasteiger partial charge on any atom is -0.376 e. The molecule has 0 aliphatic carbocycles. The number of carbonyl (C=O) groups excluding carboxylic acids is 1. The van der Waals surface area contributed by atoms with Gasteiger partial charge in [-0.1, -0.05) is 30.3 Å². The van der Waals surface area contributed by atoms with Crippen LogP contribution in [0.1, 0.15) is 30.0 Å². The van der Waals surface area contributed by atoms with E-state index in [1.54, 1.807) is 12.4 Å². The van der Waals surface area contributed by atoms with Gasteiger partial charge in [0.15, 0.2) is 0 Å². The number of nitrogens with zero attached hydrogens (tertiary/aromatic N) is 1. The Morgan fingerprint density at radius 1 is 1.17 bits per heavy atom. The molecule has 1 aliphatic rings. The Balaban J connectivity index is 1.67. The summed E-state index contributed by atoms with van der Waals surface area (Å²) in [6.45, 7) is 1.33. The molecule has 2 heterocycles. The lowest BCUT2D eigenvalue weighted by molar-refractivity contribution is 0.111. The van der Waals surface area contributed by atoms with Crippen LogP contribution in [-0.4, -0.2) is 30.3 Å². The second-order valence-electron chi connectivity index (χ2n) is 5.61. The first kappa shape index (κ1) is 15.5. The van der Waals surface area contributed by atoms with E-state index < -0.39 is 0 Å². The third-order valence-corrected chi connectivity index (χ3v) is 3.96. The molecule has 1 aliphatic heterocycles. The summed E-state index contributed by atoms with van der Waals surface area (Å²) in [5, 5.41) is 5.94. The van der Waals surface area contributed by atoms with Gasteiger partial charge < -0.3 is 15.4 Å². The van der Waals surface area contributed by atoms with Crippen LogP contribution in [0.15, 0.2) is 54.9 Å². The van der Waals surface area contributed by atoms with Gasteiger partial charge in [-0.2, -0.15) is 0 Å².